The molecule has 0 saturated carbocycles. The van der Waals surface area contributed by atoms with Crippen LogP contribution < -0.4 is 9.88 Å². The van der Waals surface area contributed by atoms with Crippen molar-refractivity contribution < 1.29 is 19.7 Å². The highest BCUT2D eigenvalue weighted by Gasteiger charge is 2.25. The second-order valence-corrected chi connectivity index (χ2v) is 7.67. The third kappa shape index (κ3) is 4.72. The number of hydrogen-bond donors (Lipinski definition) is 3. The van der Waals surface area contributed by atoms with Crippen molar-refractivity contribution in [1.29, 1.82) is 0 Å². The van der Waals surface area contributed by atoms with Crippen molar-refractivity contribution in [2.24, 2.45) is 0 Å². The quantitative estimate of drug-likeness (QED) is 0.0954. The van der Waals surface area contributed by atoms with Gasteiger partial charge in [0.15, 0.2) is 23.1 Å². The van der Waals surface area contributed by atoms with Gasteiger partial charge in [-0.25, -0.2) is 0 Å². The van der Waals surface area contributed by atoms with Crippen molar-refractivity contribution in [3.8, 4) is 0 Å². The fourth-order valence-corrected chi connectivity index (χ4v) is 3.81. The number of nitrogens with one attached hydrogen (secondary N) is 1. The number of hydrogen-bond acceptors (Lipinski definition) is 5. The first-order chi connectivity index (χ1) is 16.0. The van der Waals surface area contributed by atoms with Gasteiger partial charge < -0.3 is 15.5 Å². The van der Waals surface area contributed by atoms with E-state index in [0.29, 0.717) is 11.1 Å². The van der Waals surface area contributed by atoms with Crippen LogP contribution in [0.3, 0.4) is 0 Å². The fourth-order valence-electron chi connectivity index (χ4n) is 3.50. The summed E-state index contributed by atoms with van der Waals surface area (Å²) < 4.78 is 1.61. The Balaban J connectivity index is 1.82. The standard InChI is InChI=1S/C25H19N3O4S/c29-16-17-5-4-14-27(15-17)23(24(30)19-10-12-20(13-11-19)28(31)32)25(33)26-22-9-3-7-18-6-1-2-8-21(18)22/h1-15,29H,16H2,(H-,26,30,33)/p+1. The first kappa shape index (κ1) is 22.1. The summed E-state index contributed by atoms with van der Waals surface area (Å²) in [4.78, 5) is 10.7. The lowest BCUT2D eigenvalue weighted by Gasteiger charge is -2.12. The van der Waals surface area contributed by atoms with Crippen LogP contribution in [0.4, 0.5) is 11.4 Å². The summed E-state index contributed by atoms with van der Waals surface area (Å²) in [6.45, 7) is -0.185. The Bertz CT molecular complexity index is 1380. The monoisotopic (exact) mass is 458 g/mol. The van der Waals surface area contributed by atoms with Crippen LogP contribution >= 0.6 is 12.2 Å². The molecular formula is C25H20N3O4S+. The van der Waals surface area contributed by atoms with Crippen molar-refractivity contribution in [3.63, 3.8) is 0 Å². The fraction of sp³-hybridized carbons (Fsp3) is 0.0400. The molecule has 4 rings (SSSR count). The third-order valence-electron chi connectivity index (χ3n) is 5.13. The van der Waals surface area contributed by atoms with E-state index in [1.165, 1.54) is 24.3 Å². The molecule has 0 amide bonds. The molecule has 0 aliphatic rings. The van der Waals surface area contributed by atoms with Crippen LogP contribution in [0.25, 0.3) is 22.2 Å². The first-order valence-electron chi connectivity index (χ1n) is 10.1. The summed E-state index contributed by atoms with van der Waals surface area (Å²) in [6, 6.07) is 22.7. The van der Waals surface area contributed by atoms with Crippen LogP contribution in [-0.4, -0.2) is 20.1 Å². The Hall–Kier alpha value is -4.14. The Kier molecular flexibility index (Phi) is 6.39. The molecular weight excluding hydrogens is 438 g/mol. The number of anilines is 1. The van der Waals surface area contributed by atoms with Gasteiger partial charge in [0, 0.05) is 40.4 Å². The summed E-state index contributed by atoms with van der Waals surface area (Å²) in [5.41, 5.74) is 1.94. The van der Waals surface area contributed by atoms with Gasteiger partial charge >= 0.3 is 0 Å². The number of pyridine rings is 1. The lowest BCUT2D eigenvalue weighted by atomic mass is 10.1. The average Bonchev–Trinajstić information content (AvgIpc) is 2.84. The number of benzene rings is 3. The van der Waals surface area contributed by atoms with Crippen molar-refractivity contribution >= 4 is 50.8 Å². The number of aromatic nitrogens is 1. The van der Waals surface area contributed by atoms with Crippen molar-refractivity contribution in [2.75, 3.05) is 5.32 Å². The normalized spacial score (nSPS) is 11.7. The molecule has 1 heterocycles. The van der Waals surface area contributed by atoms with Gasteiger partial charge in [-0.3, -0.25) is 10.1 Å². The summed E-state index contributed by atoms with van der Waals surface area (Å²) in [5.74, 6) is -0.164. The zero-order valence-corrected chi connectivity index (χ0v) is 18.2. The molecule has 3 N–H and O–H groups in total. The van der Waals surface area contributed by atoms with E-state index in [4.69, 9.17) is 12.2 Å². The second-order valence-electron chi connectivity index (χ2n) is 7.26. The molecule has 164 valence electrons. The van der Waals surface area contributed by atoms with Gasteiger partial charge in [-0.15, -0.1) is 0 Å². The van der Waals surface area contributed by atoms with Crippen LogP contribution in [0.15, 0.2) is 91.3 Å². The molecule has 7 nitrogen and oxygen atoms in total. The minimum atomic E-state index is -0.502. The number of non-ortho nitro benzene ring substituents is 1. The number of aliphatic hydroxyl groups excluding tert-OH is 2. The van der Waals surface area contributed by atoms with Crippen LogP contribution in [0, 0.1) is 10.1 Å². The number of thiocarbonyl (C=S) groups is 1. The largest absolute Gasteiger partial charge is 0.502 e. The number of fused-ring (bicyclic) bond motifs is 1. The van der Waals surface area contributed by atoms with E-state index < -0.39 is 4.92 Å². The van der Waals surface area contributed by atoms with E-state index in [9.17, 15) is 20.3 Å². The van der Waals surface area contributed by atoms with Crippen LogP contribution in [0.2, 0.25) is 0 Å². The first-order valence-corrected chi connectivity index (χ1v) is 10.5. The highest BCUT2D eigenvalue weighted by atomic mass is 32.1. The third-order valence-corrected chi connectivity index (χ3v) is 5.43. The Morgan fingerprint density at radius 2 is 1.73 bits per heavy atom. The molecule has 0 saturated heterocycles. The minimum absolute atomic E-state index is 0.0838. The molecule has 0 unspecified atom stereocenters. The number of rotatable bonds is 6. The summed E-state index contributed by atoms with van der Waals surface area (Å²) >= 11 is 5.70. The SMILES string of the molecule is O=[N+]([O-])c1ccc(/C(O)=C(/C(=S)Nc2cccc3ccccc23)[n+]2cccc(CO)c2)cc1. The van der Waals surface area contributed by atoms with Gasteiger partial charge in [0.25, 0.3) is 11.4 Å². The van der Waals surface area contributed by atoms with E-state index >= 15 is 0 Å². The lowest BCUT2D eigenvalue weighted by Crippen LogP contribution is -2.39. The molecule has 8 heteroatoms. The zero-order valence-electron chi connectivity index (χ0n) is 17.4. The van der Waals surface area contributed by atoms with E-state index in [1.54, 1.807) is 29.1 Å². The van der Waals surface area contributed by atoms with Crippen molar-refractivity contribution in [3.05, 3.63) is 112 Å². The minimum Gasteiger partial charge on any atom is -0.502 e. The van der Waals surface area contributed by atoms with E-state index in [0.717, 1.165) is 16.5 Å². The highest BCUT2D eigenvalue weighted by molar-refractivity contribution is 7.81. The van der Waals surface area contributed by atoms with Gasteiger partial charge in [-0.05, 0) is 29.7 Å². The predicted molar refractivity (Wildman–Crippen MR) is 132 cm³/mol. The number of nitro benzene ring substituents is 1. The molecule has 0 aliphatic heterocycles. The van der Waals surface area contributed by atoms with Crippen molar-refractivity contribution in [1.82, 2.24) is 0 Å². The molecule has 0 aliphatic carbocycles. The van der Waals surface area contributed by atoms with Gasteiger partial charge in [-0.1, -0.05) is 48.6 Å². The molecule has 0 bridgehead atoms. The number of nitrogens with zero attached hydrogens (tertiary/aromatic N) is 2. The molecule has 33 heavy (non-hydrogen) atoms. The second kappa shape index (κ2) is 9.56. The maximum absolute atomic E-state index is 11.2. The smallest absolute Gasteiger partial charge is 0.288 e. The lowest BCUT2D eigenvalue weighted by molar-refractivity contribution is -0.576. The number of aliphatic hydroxyl groups is 2. The van der Waals surface area contributed by atoms with E-state index in [1.807, 2.05) is 42.5 Å². The van der Waals surface area contributed by atoms with Crippen LogP contribution in [0.1, 0.15) is 11.1 Å². The Morgan fingerprint density at radius 3 is 2.45 bits per heavy atom. The molecule has 1 aromatic heterocycles. The summed E-state index contributed by atoms with van der Waals surface area (Å²) in [5, 5.41) is 37.0. The van der Waals surface area contributed by atoms with E-state index in [2.05, 4.69) is 5.32 Å². The van der Waals surface area contributed by atoms with Gasteiger partial charge in [0.2, 0.25) is 0 Å². The predicted octanol–water partition coefficient (Wildman–Crippen LogP) is 4.85. The summed E-state index contributed by atoms with van der Waals surface area (Å²) in [6.07, 6.45) is 3.36. The number of nitro groups is 1. The zero-order chi connectivity index (χ0) is 23.4. The van der Waals surface area contributed by atoms with Gasteiger partial charge in [0.05, 0.1) is 11.5 Å². The van der Waals surface area contributed by atoms with E-state index in [-0.39, 0.29) is 28.7 Å². The molecule has 0 spiro atoms. The average molecular weight is 459 g/mol. The van der Waals surface area contributed by atoms with Crippen LogP contribution in [-0.2, 0) is 6.61 Å². The molecule has 0 fully saturated rings. The van der Waals surface area contributed by atoms with Crippen LogP contribution in [0.5, 0.6) is 0 Å². The molecule has 0 atom stereocenters. The Morgan fingerprint density at radius 1 is 1.00 bits per heavy atom. The molecule has 4 aromatic rings. The molecule has 0 radical (unpaired) electrons. The topological polar surface area (TPSA) is 99.5 Å². The Labute approximate surface area is 195 Å². The van der Waals surface area contributed by atoms with Crippen molar-refractivity contribution in [2.45, 2.75) is 6.61 Å². The maximum Gasteiger partial charge on any atom is 0.288 e. The van der Waals surface area contributed by atoms with Gasteiger partial charge in [0.1, 0.15) is 0 Å². The maximum atomic E-state index is 11.2. The summed E-state index contributed by atoms with van der Waals surface area (Å²) in [7, 11) is 0. The van der Waals surface area contributed by atoms with Gasteiger partial charge in [-0.2, -0.15) is 4.57 Å². The molecule has 3 aromatic carbocycles. The highest BCUT2D eigenvalue weighted by Crippen LogP contribution is 2.26.